The molecule has 0 saturated carbocycles. The Bertz CT molecular complexity index is 1580. The number of fused-ring (bicyclic) bond motifs is 3. The van der Waals surface area contributed by atoms with Crippen molar-refractivity contribution in [1.82, 2.24) is 33.6 Å². The lowest BCUT2D eigenvalue weighted by molar-refractivity contribution is 0.540. The normalized spacial score (nSPS) is 14.8. The number of aromatic nitrogens is 6. The molecule has 0 spiro atoms. The number of H-pyrrole nitrogens is 1. The summed E-state index contributed by atoms with van der Waals surface area (Å²) >= 11 is 0. The molecule has 4 aromatic heterocycles. The maximum Gasteiger partial charge on any atom is 0.326 e. The van der Waals surface area contributed by atoms with Crippen molar-refractivity contribution in [3.63, 3.8) is 0 Å². The summed E-state index contributed by atoms with van der Waals surface area (Å²) in [6.45, 7) is 2.06. The zero-order valence-corrected chi connectivity index (χ0v) is 20.7. The molecule has 0 bridgehead atoms. The fourth-order valence-corrected chi connectivity index (χ4v) is 5.05. The Balaban J connectivity index is 0.000000271. The van der Waals surface area contributed by atoms with E-state index < -0.39 is 11.0 Å². The SMILES string of the molecule is CS(=O)N1CCCC1.Cn1cc(-c2ccc(-c3ccc4ncc5c([nH]c(=O)n5C)c4c3)cn2)cn1. The van der Waals surface area contributed by atoms with E-state index in [-0.39, 0.29) is 5.69 Å². The molecule has 0 radical (unpaired) electrons. The zero-order chi connectivity index (χ0) is 24.5. The Labute approximate surface area is 205 Å². The number of rotatable bonds is 3. The van der Waals surface area contributed by atoms with Crippen LogP contribution in [0.5, 0.6) is 0 Å². The van der Waals surface area contributed by atoms with Crippen molar-refractivity contribution in [2.24, 2.45) is 14.1 Å². The maximum atomic E-state index is 12.0. The predicted molar refractivity (Wildman–Crippen MR) is 139 cm³/mol. The average Bonchev–Trinajstić information content (AvgIpc) is 3.61. The highest BCUT2D eigenvalue weighted by Gasteiger charge is 2.13. The number of nitrogens with zero attached hydrogens (tertiary/aromatic N) is 6. The van der Waals surface area contributed by atoms with Gasteiger partial charge in [-0.05, 0) is 36.6 Å². The van der Waals surface area contributed by atoms with Gasteiger partial charge in [0.1, 0.15) is 0 Å². The number of aromatic amines is 1. The minimum absolute atomic E-state index is 0.146. The first kappa shape index (κ1) is 23.1. The molecule has 5 aromatic rings. The van der Waals surface area contributed by atoms with Crippen LogP contribution in [0.1, 0.15) is 12.8 Å². The van der Waals surface area contributed by atoms with Crippen LogP contribution in [0.3, 0.4) is 0 Å². The topological polar surface area (TPSA) is 102 Å². The van der Waals surface area contributed by atoms with Gasteiger partial charge >= 0.3 is 5.69 Å². The molecule has 9 nitrogen and oxygen atoms in total. The Morgan fingerprint density at radius 1 is 0.943 bits per heavy atom. The van der Waals surface area contributed by atoms with E-state index in [2.05, 4.69) is 20.1 Å². The van der Waals surface area contributed by atoms with Crippen molar-refractivity contribution in [3.05, 3.63) is 65.6 Å². The standard InChI is InChI=1S/C20H16N6O.C5H11NOS/c1-25-11-14(9-23-25)16-5-4-13(8-21-16)12-3-6-17-15(7-12)19-18(10-22-17)26(2)20(27)24-19;1-8(7)6-4-2-3-5-6/h3-11H,1-2H3,(H,24,27);2-5H2,1H3. The molecule has 0 aliphatic carbocycles. The van der Waals surface area contributed by atoms with Gasteiger partial charge in [0.05, 0.1) is 45.6 Å². The maximum absolute atomic E-state index is 12.0. The summed E-state index contributed by atoms with van der Waals surface area (Å²) in [4.78, 5) is 23.9. The first-order chi connectivity index (χ1) is 16.9. The molecule has 10 heteroatoms. The largest absolute Gasteiger partial charge is 0.326 e. The van der Waals surface area contributed by atoms with E-state index in [9.17, 15) is 9.00 Å². The molecular weight excluding hydrogens is 462 g/mol. The molecule has 5 heterocycles. The second-order valence-electron chi connectivity index (χ2n) is 8.63. The minimum Gasteiger partial charge on any atom is -0.305 e. The van der Waals surface area contributed by atoms with Gasteiger partial charge in [0.15, 0.2) is 0 Å². The van der Waals surface area contributed by atoms with Crippen molar-refractivity contribution < 1.29 is 4.21 Å². The molecule has 1 aliphatic heterocycles. The van der Waals surface area contributed by atoms with Gasteiger partial charge in [0, 0.05) is 62.3 Å². The van der Waals surface area contributed by atoms with Gasteiger partial charge in [-0.25, -0.2) is 13.3 Å². The van der Waals surface area contributed by atoms with Crippen LogP contribution in [0.4, 0.5) is 0 Å². The van der Waals surface area contributed by atoms with E-state index in [4.69, 9.17) is 0 Å². The minimum atomic E-state index is -0.708. The van der Waals surface area contributed by atoms with Crippen LogP contribution in [0.2, 0.25) is 0 Å². The van der Waals surface area contributed by atoms with Crippen molar-refractivity contribution in [3.8, 4) is 22.4 Å². The van der Waals surface area contributed by atoms with Crippen molar-refractivity contribution in [2.45, 2.75) is 12.8 Å². The van der Waals surface area contributed by atoms with E-state index in [1.54, 1.807) is 34.9 Å². The third kappa shape index (κ3) is 4.67. The average molecular weight is 490 g/mol. The highest BCUT2D eigenvalue weighted by molar-refractivity contribution is 7.81. The molecule has 1 aliphatic rings. The Morgan fingerprint density at radius 3 is 2.34 bits per heavy atom. The molecule has 1 fully saturated rings. The van der Waals surface area contributed by atoms with Crippen LogP contribution in [-0.4, -0.2) is 57.2 Å². The molecule has 1 N–H and O–H groups in total. The van der Waals surface area contributed by atoms with E-state index in [1.807, 2.05) is 54.1 Å². The van der Waals surface area contributed by atoms with Gasteiger partial charge in [-0.1, -0.05) is 12.1 Å². The third-order valence-corrected chi connectivity index (χ3v) is 7.36. The van der Waals surface area contributed by atoms with E-state index in [1.165, 1.54) is 12.8 Å². The Kier molecular flexibility index (Phi) is 6.31. The van der Waals surface area contributed by atoms with Gasteiger partial charge in [-0.2, -0.15) is 5.10 Å². The van der Waals surface area contributed by atoms with Crippen LogP contribution < -0.4 is 5.69 Å². The number of pyridine rings is 2. The Hall–Kier alpha value is -3.63. The van der Waals surface area contributed by atoms with Crippen LogP contribution in [0.15, 0.2) is 59.9 Å². The van der Waals surface area contributed by atoms with Crippen LogP contribution in [-0.2, 0) is 25.1 Å². The number of hydrogen-bond acceptors (Lipinski definition) is 5. The highest BCUT2D eigenvalue weighted by Crippen LogP contribution is 2.28. The van der Waals surface area contributed by atoms with Crippen LogP contribution in [0.25, 0.3) is 44.3 Å². The molecule has 35 heavy (non-hydrogen) atoms. The van der Waals surface area contributed by atoms with Gasteiger partial charge < -0.3 is 4.98 Å². The summed E-state index contributed by atoms with van der Waals surface area (Å²) < 4.78 is 16.0. The van der Waals surface area contributed by atoms with Crippen molar-refractivity contribution in [2.75, 3.05) is 19.3 Å². The molecule has 1 saturated heterocycles. The lowest BCUT2D eigenvalue weighted by atomic mass is 10.0. The second-order valence-corrected chi connectivity index (χ2v) is 10.00. The number of benzene rings is 1. The zero-order valence-electron chi connectivity index (χ0n) is 19.9. The lowest BCUT2D eigenvalue weighted by Gasteiger charge is -2.07. The first-order valence-electron chi connectivity index (χ1n) is 11.4. The second kappa shape index (κ2) is 9.55. The molecule has 1 aromatic carbocycles. The molecule has 180 valence electrons. The number of nitrogens with one attached hydrogen (secondary N) is 1. The van der Waals surface area contributed by atoms with E-state index in [0.29, 0.717) is 0 Å². The summed E-state index contributed by atoms with van der Waals surface area (Å²) in [6.07, 6.45) is 11.5. The predicted octanol–water partition coefficient (Wildman–Crippen LogP) is 3.25. The number of hydrogen-bond donors (Lipinski definition) is 1. The summed E-state index contributed by atoms with van der Waals surface area (Å²) in [5.41, 5.74) is 6.16. The van der Waals surface area contributed by atoms with E-state index in [0.717, 1.165) is 57.4 Å². The van der Waals surface area contributed by atoms with Crippen molar-refractivity contribution >= 4 is 32.9 Å². The summed E-state index contributed by atoms with van der Waals surface area (Å²) in [5.74, 6) is 0. The number of imidazole rings is 1. The Morgan fingerprint density at radius 2 is 1.71 bits per heavy atom. The smallest absolute Gasteiger partial charge is 0.305 e. The monoisotopic (exact) mass is 489 g/mol. The van der Waals surface area contributed by atoms with Gasteiger partial charge in [-0.3, -0.25) is 19.2 Å². The summed E-state index contributed by atoms with van der Waals surface area (Å²) in [6, 6.07) is 10.0. The summed E-state index contributed by atoms with van der Waals surface area (Å²) in [5, 5.41) is 5.10. The van der Waals surface area contributed by atoms with Crippen LogP contribution in [0, 0.1) is 0 Å². The molecule has 1 unspecified atom stereocenters. The molecular formula is C25H27N7O2S. The van der Waals surface area contributed by atoms with E-state index >= 15 is 0 Å². The third-order valence-electron chi connectivity index (χ3n) is 6.27. The number of aryl methyl sites for hydroxylation is 2. The summed E-state index contributed by atoms with van der Waals surface area (Å²) in [7, 11) is 2.91. The van der Waals surface area contributed by atoms with Gasteiger partial charge in [0.2, 0.25) is 0 Å². The van der Waals surface area contributed by atoms with Gasteiger partial charge in [-0.15, -0.1) is 0 Å². The quantitative estimate of drug-likeness (QED) is 0.419. The fourth-order valence-electron chi connectivity index (χ4n) is 4.28. The molecule has 1 atom stereocenters. The first-order valence-corrected chi connectivity index (χ1v) is 12.9. The van der Waals surface area contributed by atoms with Gasteiger partial charge in [0.25, 0.3) is 0 Å². The fraction of sp³-hybridized carbons (Fsp3) is 0.280. The molecule has 0 amide bonds. The lowest BCUT2D eigenvalue weighted by Crippen LogP contribution is -2.20. The molecule has 6 rings (SSSR count). The van der Waals surface area contributed by atoms with Crippen molar-refractivity contribution in [1.29, 1.82) is 0 Å². The van der Waals surface area contributed by atoms with Crippen LogP contribution >= 0.6 is 0 Å². The highest BCUT2D eigenvalue weighted by atomic mass is 32.2.